The van der Waals surface area contributed by atoms with Crippen molar-refractivity contribution in [3.05, 3.63) is 75.0 Å². The predicted molar refractivity (Wildman–Crippen MR) is 106 cm³/mol. The monoisotopic (exact) mass is 423 g/mol. The molecule has 3 amide bonds. The van der Waals surface area contributed by atoms with Gasteiger partial charge in [-0.25, -0.2) is 4.98 Å². The Hall–Kier alpha value is -3.99. The SMILES string of the molecule is O=C(CN1C(=O)c2ccc([N+](=O)[O-])cc2C1=O)NCc1csc(-c2cccnc2)n1. The molecule has 3 aromatic rings. The largest absolute Gasteiger partial charge is 0.349 e. The summed E-state index contributed by atoms with van der Waals surface area (Å²) in [5.74, 6) is -1.94. The smallest absolute Gasteiger partial charge is 0.270 e. The van der Waals surface area contributed by atoms with Crippen LogP contribution >= 0.6 is 11.3 Å². The number of aromatic nitrogens is 2. The zero-order chi connectivity index (χ0) is 21.3. The van der Waals surface area contributed by atoms with E-state index in [1.54, 1.807) is 23.8 Å². The van der Waals surface area contributed by atoms with Gasteiger partial charge in [-0.2, -0.15) is 0 Å². The van der Waals surface area contributed by atoms with Crippen LogP contribution in [0.5, 0.6) is 0 Å². The Morgan fingerprint density at radius 1 is 1.20 bits per heavy atom. The van der Waals surface area contributed by atoms with Gasteiger partial charge >= 0.3 is 0 Å². The Morgan fingerprint density at radius 3 is 2.73 bits per heavy atom. The van der Waals surface area contributed by atoms with Crippen LogP contribution in [0.15, 0.2) is 48.1 Å². The summed E-state index contributed by atoms with van der Waals surface area (Å²) in [6, 6.07) is 7.09. The van der Waals surface area contributed by atoms with E-state index in [4.69, 9.17) is 0 Å². The number of amides is 3. The van der Waals surface area contributed by atoms with Crippen LogP contribution in [-0.4, -0.2) is 44.1 Å². The molecular weight excluding hydrogens is 410 g/mol. The number of fused-ring (bicyclic) bond motifs is 1. The highest BCUT2D eigenvalue weighted by atomic mass is 32.1. The van der Waals surface area contributed by atoms with Crippen LogP contribution < -0.4 is 5.32 Å². The number of nitro benzene ring substituents is 1. The van der Waals surface area contributed by atoms with Crippen molar-refractivity contribution in [2.24, 2.45) is 0 Å². The molecule has 0 bridgehead atoms. The molecule has 0 aliphatic carbocycles. The average Bonchev–Trinajstić information content (AvgIpc) is 3.32. The maximum atomic E-state index is 12.4. The molecule has 2 aromatic heterocycles. The minimum atomic E-state index is -0.735. The lowest BCUT2D eigenvalue weighted by atomic mass is 10.1. The highest BCUT2D eigenvalue weighted by Gasteiger charge is 2.37. The van der Waals surface area contributed by atoms with Gasteiger partial charge in [-0.3, -0.25) is 34.4 Å². The first kappa shape index (κ1) is 19.3. The molecule has 30 heavy (non-hydrogen) atoms. The number of nitrogens with zero attached hydrogens (tertiary/aromatic N) is 4. The van der Waals surface area contributed by atoms with Gasteiger partial charge in [-0.15, -0.1) is 11.3 Å². The van der Waals surface area contributed by atoms with Gasteiger partial charge in [0.15, 0.2) is 0 Å². The summed E-state index contributed by atoms with van der Waals surface area (Å²) in [7, 11) is 0. The van der Waals surface area contributed by atoms with Crippen molar-refractivity contribution in [1.29, 1.82) is 0 Å². The first-order chi connectivity index (χ1) is 14.4. The van der Waals surface area contributed by atoms with Crippen molar-refractivity contribution in [3.63, 3.8) is 0 Å². The molecule has 0 saturated heterocycles. The maximum absolute atomic E-state index is 12.4. The average molecular weight is 423 g/mol. The van der Waals surface area contributed by atoms with Crippen LogP contribution in [-0.2, 0) is 11.3 Å². The normalized spacial score (nSPS) is 12.7. The second-order valence-corrected chi connectivity index (χ2v) is 7.20. The number of rotatable bonds is 6. The van der Waals surface area contributed by atoms with Gasteiger partial charge in [-0.1, -0.05) is 0 Å². The Balaban J connectivity index is 1.39. The minimum Gasteiger partial charge on any atom is -0.349 e. The van der Waals surface area contributed by atoms with Gasteiger partial charge in [0.1, 0.15) is 11.6 Å². The quantitative estimate of drug-likeness (QED) is 0.364. The molecule has 0 atom stereocenters. The number of carbonyl (C=O) groups is 3. The van der Waals surface area contributed by atoms with Gasteiger partial charge in [0.05, 0.1) is 28.3 Å². The summed E-state index contributed by atoms with van der Waals surface area (Å²) in [4.78, 5) is 56.6. The fraction of sp³-hybridized carbons (Fsp3) is 0.105. The Morgan fingerprint density at radius 2 is 2.00 bits per heavy atom. The summed E-state index contributed by atoms with van der Waals surface area (Å²) >= 11 is 1.41. The van der Waals surface area contributed by atoms with Gasteiger partial charge in [0.2, 0.25) is 5.91 Å². The summed E-state index contributed by atoms with van der Waals surface area (Å²) in [5, 5.41) is 16.1. The van der Waals surface area contributed by atoms with E-state index in [9.17, 15) is 24.5 Å². The lowest BCUT2D eigenvalue weighted by Gasteiger charge is -2.13. The van der Waals surface area contributed by atoms with Gasteiger partial charge in [0, 0.05) is 35.5 Å². The fourth-order valence-corrected chi connectivity index (χ4v) is 3.75. The molecule has 0 fully saturated rings. The Bertz CT molecular complexity index is 1180. The van der Waals surface area contributed by atoms with Crippen LogP contribution in [0.1, 0.15) is 26.4 Å². The van der Waals surface area contributed by atoms with E-state index in [2.05, 4.69) is 15.3 Å². The first-order valence-electron chi connectivity index (χ1n) is 8.70. The molecule has 0 radical (unpaired) electrons. The molecule has 1 N–H and O–H groups in total. The van der Waals surface area contributed by atoms with Crippen LogP contribution in [0, 0.1) is 10.1 Å². The molecule has 0 unspecified atom stereocenters. The molecular formula is C19H13N5O5S. The molecule has 1 aliphatic heterocycles. The van der Waals surface area contributed by atoms with Crippen LogP contribution in [0.2, 0.25) is 0 Å². The van der Waals surface area contributed by atoms with Crippen molar-refractivity contribution < 1.29 is 19.3 Å². The second-order valence-electron chi connectivity index (χ2n) is 6.35. The molecule has 10 nitrogen and oxygen atoms in total. The van der Waals surface area contributed by atoms with Gasteiger partial charge in [-0.05, 0) is 18.2 Å². The van der Waals surface area contributed by atoms with Gasteiger partial charge in [0.25, 0.3) is 17.5 Å². The molecule has 1 aromatic carbocycles. The third-order valence-electron chi connectivity index (χ3n) is 4.39. The predicted octanol–water partition coefficient (Wildman–Crippen LogP) is 2.03. The van der Waals surface area contributed by atoms with Gasteiger partial charge < -0.3 is 5.32 Å². The van der Waals surface area contributed by atoms with Crippen molar-refractivity contribution >= 4 is 34.7 Å². The Labute approximate surface area is 173 Å². The minimum absolute atomic E-state index is 0.0408. The molecule has 4 rings (SSSR count). The molecule has 0 saturated carbocycles. The molecule has 1 aliphatic rings. The number of benzene rings is 1. The number of pyridine rings is 1. The van der Waals surface area contributed by atoms with Crippen LogP contribution in [0.3, 0.4) is 0 Å². The second kappa shape index (κ2) is 7.79. The first-order valence-corrected chi connectivity index (χ1v) is 9.58. The molecule has 11 heteroatoms. The summed E-state index contributed by atoms with van der Waals surface area (Å²) in [6.45, 7) is -0.357. The third-order valence-corrected chi connectivity index (χ3v) is 5.33. The van der Waals surface area contributed by atoms with E-state index in [1.165, 1.54) is 17.4 Å². The fourth-order valence-electron chi connectivity index (χ4n) is 2.93. The van der Waals surface area contributed by atoms with E-state index in [0.717, 1.165) is 27.6 Å². The highest BCUT2D eigenvalue weighted by Crippen LogP contribution is 2.26. The van der Waals surface area contributed by atoms with E-state index in [0.29, 0.717) is 5.69 Å². The van der Waals surface area contributed by atoms with E-state index >= 15 is 0 Å². The van der Waals surface area contributed by atoms with E-state index in [-0.39, 0.29) is 23.4 Å². The Kier molecular flexibility index (Phi) is 5.02. The molecule has 0 spiro atoms. The lowest BCUT2D eigenvalue weighted by molar-refractivity contribution is -0.384. The number of carbonyl (C=O) groups excluding carboxylic acids is 3. The third kappa shape index (κ3) is 3.65. The number of hydrogen-bond donors (Lipinski definition) is 1. The summed E-state index contributed by atoms with van der Waals surface area (Å²) < 4.78 is 0. The van der Waals surface area contributed by atoms with E-state index in [1.807, 2.05) is 6.07 Å². The maximum Gasteiger partial charge on any atom is 0.270 e. The topological polar surface area (TPSA) is 135 Å². The number of non-ortho nitro benzene ring substituents is 1. The standard InChI is InChI=1S/C19H13N5O5S/c25-16(21-8-12-10-30-17(22-12)11-2-1-5-20-7-11)9-23-18(26)14-4-3-13(24(28)29)6-15(14)19(23)27/h1-7,10H,8-9H2,(H,21,25). The zero-order valence-electron chi connectivity index (χ0n) is 15.3. The summed E-state index contributed by atoms with van der Waals surface area (Å²) in [6.07, 6.45) is 3.35. The number of nitro groups is 1. The lowest BCUT2D eigenvalue weighted by Crippen LogP contribution is -2.40. The number of thiazole rings is 1. The number of imide groups is 1. The van der Waals surface area contributed by atoms with Crippen LogP contribution in [0.4, 0.5) is 5.69 Å². The number of hydrogen-bond acceptors (Lipinski definition) is 8. The van der Waals surface area contributed by atoms with Crippen molar-refractivity contribution in [1.82, 2.24) is 20.2 Å². The zero-order valence-corrected chi connectivity index (χ0v) is 16.1. The van der Waals surface area contributed by atoms with E-state index < -0.39 is 29.2 Å². The number of nitrogens with one attached hydrogen (secondary N) is 1. The van der Waals surface area contributed by atoms with Crippen molar-refractivity contribution in [3.8, 4) is 10.6 Å². The van der Waals surface area contributed by atoms with Crippen LogP contribution in [0.25, 0.3) is 10.6 Å². The van der Waals surface area contributed by atoms with Crippen molar-refractivity contribution in [2.75, 3.05) is 6.54 Å². The molecule has 3 heterocycles. The van der Waals surface area contributed by atoms with Crippen molar-refractivity contribution in [2.45, 2.75) is 6.54 Å². The molecule has 150 valence electrons. The highest BCUT2D eigenvalue weighted by molar-refractivity contribution is 7.13. The summed E-state index contributed by atoms with van der Waals surface area (Å²) in [5.41, 5.74) is 1.15.